The summed E-state index contributed by atoms with van der Waals surface area (Å²) in [6.45, 7) is -0.719. The van der Waals surface area contributed by atoms with Crippen molar-refractivity contribution in [1.82, 2.24) is 10.2 Å². The van der Waals surface area contributed by atoms with Gasteiger partial charge in [0.15, 0.2) is 6.61 Å². The van der Waals surface area contributed by atoms with Gasteiger partial charge in [-0.05, 0) is 37.1 Å². The van der Waals surface area contributed by atoms with Crippen LogP contribution in [0, 0.1) is 0 Å². The Morgan fingerprint density at radius 1 is 1.17 bits per heavy atom. The third-order valence-electron chi connectivity index (χ3n) is 4.47. The van der Waals surface area contributed by atoms with Gasteiger partial charge in [0.2, 0.25) is 0 Å². The summed E-state index contributed by atoms with van der Waals surface area (Å²) in [7, 11) is 0. The number of carbonyl (C=O) groups excluding carboxylic acids is 4. The molecule has 1 aromatic rings. The van der Waals surface area contributed by atoms with E-state index in [4.69, 9.17) is 4.74 Å². The van der Waals surface area contributed by atoms with Crippen LogP contribution >= 0.6 is 0 Å². The number of esters is 1. The summed E-state index contributed by atoms with van der Waals surface area (Å²) in [4.78, 5) is 48.9. The molecule has 0 saturated carbocycles. The minimum absolute atomic E-state index is 0.0757. The molecule has 1 saturated heterocycles. The standard InChI is InChI=1S/C18H21F2N3O6/c1-3-18(4-2)15(26)23(17(27)22-18)9-14(25)28-10-13(24)21-11-5-7-12(8-6-11)29-16(19)20/h5-8,16H,3-4,9-10H2,1-2H3,(H,21,24)(H,22,27). The Morgan fingerprint density at radius 2 is 1.79 bits per heavy atom. The number of ether oxygens (including phenoxy) is 2. The maximum Gasteiger partial charge on any atom is 0.387 e. The number of nitrogens with zero attached hydrogens (tertiary/aromatic N) is 1. The van der Waals surface area contributed by atoms with E-state index in [-0.39, 0.29) is 11.4 Å². The molecule has 9 nitrogen and oxygen atoms in total. The van der Waals surface area contributed by atoms with Crippen molar-refractivity contribution < 1.29 is 37.4 Å². The van der Waals surface area contributed by atoms with Gasteiger partial charge < -0.3 is 20.1 Å². The Balaban J connectivity index is 1.82. The van der Waals surface area contributed by atoms with E-state index in [2.05, 4.69) is 15.4 Å². The highest BCUT2D eigenvalue weighted by atomic mass is 19.3. The van der Waals surface area contributed by atoms with Crippen molar-refractivity contribution >= 4 is 29.5 Å². The Kier molecular flexibility index (Phi) is 7.08. The van der Waals surface area contributed by atoms with Gasteiger partial charge in [0.05, 0.1) is 0 Å². The van der Waals surface area contributed by atoms with E-state index in [1.165, 1.54) is 24.3 Å². The fourth-order valence-corrected chi connectivity index (χ4v) is 2.79. The van der Waals surface area contributed by atoms with Crippen LogP contribution in [0.15, 0.2) is 24.3 Å². The number of anilines is 1. The molecule has 0 spiro atoms. The lowest BCUT2D eigenvalue weighted by molar-refractivity contribution is -0.150. The first-order valence-corrected chi connectivity index (χ1v) is 8.85. The second-order valence-corrected chi connectivity index (χ2v) is 6.22. The van der Waals surface area contributed by atoms with Crippen LogP contribution in [0.2, 0.25) is 0 Å². The minimum Gasteiger partial charge on any atom is -0.454 e. The third kappa shape index (κ3) is 5.39. The maximum absolute atomic E-state index is 12.4. The van der Waals surface area contributed by atoms with Gasteiger partial charge in [-0.3, -0.25) is 19.3 Å². The summed E-state index contributed by atoms with van der Waals surface area (Å²) in [5.41, 5.74) is -0.757. The van der Waals surface area contributed by atoms with Crippen LogP contribution in [-0.4, -0.2) is 54.0 Å². The first-order chi connectivity index (χ1) is 13.7. The monoisotopic (exact) mass is 413 g/mol. The molecule has 0 atom stereocenters. The number of carbonyl (C=O) groups is 4. The first-order valence-electron chi connectivity index (χ1n) is 8.85. The molecule has 1 aliphatic heterocycles. The average Bonchev–Trinajstić information content (AvgIpc) is 2.92. The lowest BCUT2D eigenvalue weighted by Gasteiger charge is -2.22. The highest BCUT2D eigenvalue weighted by Gasteiger charge is 2.49. The summed E-state index contributed by atoms with van der Waals surface area (Å²) in [5, 5.41) is 4.98. The molecule has 0 unspecified atom stereocenters. The van der Waals surface area contributed by atoms with Crippen molar-refractivity contribution in [2.45, 2.75) is 38.8 Å². The predicted molar refractivity (Wildman–Crippen MR) is 96.2 cm³/mol. The van der Waals surface area contributed by atoms with Gasteiger partial charge in [-0.25, -0.2) is 4.79 Å². The smallest absolute Gasteiger partial charge is 0.387 e. The van der Waals surface area contributed by atoms with Crippen molar-refractivity contribution in [3.63, 3.8) is 0 Å². The molecule has 1 aliphatic rings. The molecule has 29 heavy (non-hydrogen) atoms. The van der Waals surface area contributed by atoms with E-state index in [1.54, 1.807) is 13.8 Å². The predicted octanol–water partition coefficient (Wildman–Crippen LogP) is 1.88. The largest absolute Gasteiger partial charge is 0.454 e. The fourth-order valence-electron chi connectivity index (χ4n) is 2.79. The van der Waals surface area contributed by atoms with Crippen molar-refractivity contribution in [2.24, 2.45) is 0 Å². The van der Waals surface area contributed by atoms with E-state index in [0.29, 0.717) is 12.8 Å². The molecule has 11 heteroatoms. The molecule has 1 fully saturated rings. The summed E-state index contributed by atoms with van der Waals surface area (Å²) < 4.78 is 33.2. The number of amides is 4. The number of hydrogen-bond donors (Lipinski definition) is 2. The zero-order valence-electron chi connectivity index (χ0n) is 15.9. The first kappa shape index (κ1) is 22.1. The van der Waals surface area contributed by atoms with Crippen LogP contribution in [0.1, 0.15) is 26.7 Å². The van der Waals surface area contributed by atoms with Crippen molar-refractivity contribution in [3.05, 3.63) is 24.3 Å². The number of rotatable bonds is 9. The molecule has 2 N–H and O–H groups in total. The number of alkyl halides is 2. The molecule has 4 amide bonds. The summed E-state index contributed by atoms with van der Waals surface area (Å²) in [5.74, 6) is -2.20. The van der Waals surface area contributed by atoms with Gasteiger partial charge in [-0.2, -0.15) is 8.78 Å². The van der Waals surface area contributed by atoms with E-state index in [1.807, 2.05) is 0 Å². The number of hydrogen-bond acceptors (Lipinski definition) is 6. The maximum atomic E-state index is 12.4. The van der Waals surface area contributed by atoms with Gasteiger partial charge in [-0.1, -0.05) is 13.8 Å². The van der Waals surface area contributed by atoms with Crippen LogP contribution in [0.5, 0.6) is 5.75 Å². The van der Waals surface area contributed by atoms with Gasteiger partial charge >= 0.3 is 18.6 Å². The molecule has 0 radical (unpaired) electrons. The molecular formula is C18H21F2N3O6. The Labute approximate surface area is 165 Å². The second-order valence-electron chi connectivity index (χ2n) is 6.22. The van der Waals surface area contributed by atoms with Crippen molar-refractivity contribution in [3.8, 4) is 5.75 Å². The molecule has 158 valence electrons. The van der Waals surface area contributed by atoms with Crippen LogP contribution < -0.4 is 15.4 Å². The van der Waals surface area contributed by atoms with Gasteiger partial charge in [-0.15, -0.1) is 0 Å². The fraction of sp³-hybridized carbons (Fsp3) is 0.444. The van der Waals surface area contributed by atoms with Gasteiger partial charge in [0.1, 0.15) is 17.8 Å². The molecule has 0 aliphatic carbocycles. The Hall–Kier alpha value is -3.24. The summed E-state index contributed by atoms with van der Waals surface area (Å²) in [6.07, 6.45) is 0.756. The van der Waals surface area contributed by atoms with Crippen LogP contribution in [0.3, 0.4) is 0 Å². The van der Waals surface area contributed by atoms with E-state index >= 15 is 0 Å². The SMILES string of the molecule is CCC1(CC)NC(=O)N(CC(=O)OCC(=O)Nc2ccc(OC(F)F)cc2)C1=O. The molecule has 2 rings (SSSR count). The lowest BCUT2D eigenvalue weighted by atomic mass is 9.93. The molecular weight excluding hydrogens is 392 g/mol. The average molecular weight is 413 g/mol. The molecule has 1 aromatic carbocycles. The summed E-state index contributed by atoms with van der Waals surface area (Å²) in [6, 6.07) is 4.45. The normalized spacial score (nSPS) is 15.3. The summed E-state index contributed by atoms with van der Waals surface area (Å²) >= 11 is 0. The van der Waals surface area contributed by atoms with Crippen LogP contribution in [-0.2, 0) is 19.1 Å². The zero-order valence-corrected chi connectivity index (χ0v) is 15.9. The Morgan fingerprint density at radius 3 is 2.31 bits per heavy atom. The van der Waals surface area contributed by atoms with Gasteiger partial charge in [0.25, 0.3) is 11.8 Å². The minimum atomic E-state index is -2.96. The quantitative estimate of drug-likeness (QED) is 0.472. The number of nitrogens with one attached hydrogen (secondary N) is 2. The van der Waals surface area contributed by atoms with Crippen LogP contribution in [0.25, 0.3) is 0 Å². The third-order valence-corrected chi connectivity index (χ3v) is 4.47. The highest BCUT2D eigenvalue weighted by Crippen LogP contribution is 2.24. The Bertz CT molecular complexity index is 780. The van der Waals surface area contributed by atoms with Gasteiger partial charge in [0, 0.05) is 5.69 Å². The van der Waals surface area contributed by atoms with Crippen LogP contribution in [0.4, 0.5) is 19.3 Å². The van der Waals surface area contributed by atoms with E-state index < -0.39 is 49.1 Å². The van der Waals surface area contributed by atoms with Crippen molar-refractivity contribution in [2.75, 3.05) is 18.5 Å². The zero-order chi connectivity index (χ0) is 21.6. The number of benzene rings is 1. The number of imide groups is 1. The van der Waals surface area contributed by atoms with Crippen molar-refractivity contribution in [1.29, 1.82) is 0 Å². The number of halogens is 2. The molecule has 0 aromatic heterocycles. The van der Waals surface area contributed by atoms with E-state index in [9.17, 15) is 28.0 Å². The van der Waals surface area contributed by atoms with E-state index in [0.717, 1.165) is 4.90 Å². The highest BCUT2D eigenvalue weighted by molar-refractivity contribution is 6.08. The second kappa shape index (κ2) is 9.30. The molecule has 0 bridgehead atoms. The number of urea groups is 1. The molecule has 1 heterocycles. The lowest BCUT2D eigenvalue weighted by Crippen LogP contribution is -2.46. The topological polar surface area (TPSA) is 114 Å².